The van der Waals surface area contributed by atoms with E-state index >= 15 is 0 Å². The molecule has 23 heavy (non-hydrogen) atoms. The number of hydrogen-bond acceptors (Lipinski definition) is 4. The normalized spacial score (nSPS) is 17.4. The molecule has 0 saturated carbocycles. The second-order valence-corrected chi connectivity index (χ2v) is 7.71. The van der Waals surface area contributed by atoms with Gasteiger partial charge >= 0.3 is 6.18 Å². The number of ether oxygens (including phenoxy) is 1. The van der Waals surface area contributed by atoms with Crippen molar-refractivity contribution < 1.29 is 26.3 Å². The Morgan fingerprint density at radius 3 is 2.48 bits per heavy atom. The molecule has 1 aromatic carbocycles. The van der Waals surface area contributed by atoms with Crippen LogP contribution in [0.5, 0.6) is 0 Å². The molecule has 0 bridgehead atoms. The van der Waals surface area contributed by atoms with Crippen molar-refractivity contribution in [2.24, 2.45) is 0 Å². The highest BCUT2D eigenvalue weighted by atomic mass is 79.9. The van der Waals surface area contributed by atoms with Gasteiger partial charge in [-0.25, -0.2) is 13.1 Å². The van der Waals surface area contributed by atoms with E-state index in [2.05, 4.69) is 20.7 Å². The van der Waals surface area contributed by atoms with E-state index < -0.39 is 26.7 Å². The summed E-state index contributed by atoms with van der Waals surface area (Å²) in [5.41, 5.74) is -1.01. The molecule has 0 amide bonds. The fraction of sp³-hybridized carbons (Fsp3) is 0.538. The van der Waals surface area contributed by atoms with Gasteiger partial charge in [0.15, 0.2) is 0 Å². The molecular weight excluding hydrogens is 401 g/mol. The van der Waals surface area contributed by atoms with Crippen molar-refractivity contribution in [3.63, 3.8) is 0 Å². The summed E-state index contributed by atoms with van der Waals surface area (Å²) in [4.78, 5) is 1.61. The van der Waals surface area contributed by atoms with Crippen molar-refractivity contribution in [1.82, 2.24) is 9.62 Å². The first-order valence-electron chi connectivity index (χ1n) is 6.86. The first-order valence-corrected chi connectivity index (χ1v) is 9.14. The average molecular weight is 417 g/mol. The molecule has 10 heteroatoms. The molecule has 1 heterocycles. The standard InChI is InChI=1S/C13H16BrF3N2O3S/c14-11-7-10(13(15,16)17)8-12(9-11)23(20,21)18-1-2-19-3-5-22-6-4-19/h7-9,18H,1-6H2. The molecule has 5 nitrogen and oxygen atoms in total. The average Bonchev–Trinajstić information content (AvgIpc) is 2.46. The quantitative estimate of drug-likeness (QED) is 0.798. The van der Waals surface area contributed by atoms with Crippen LogP contribution < -0.4 is 4.72 Å². The van der Waals surface area contributed by atoms with Crippen LogP contribution >= 0.6 is 15.9 Å². The molecule has 1 N–H and O–H groups in total. The maximum atomic E-state index is 12.8. The minimum atomic E-state index is -4.61. The Labute approximate surface area is 141 Å². The van der Waals surface area contributed by atoms with Crippen LogP contribution in [0.1, 0.15) is 5.56 Å². The fourth-order valence-corrected chi connectivity index (χ4v) is 3.86. The van der Waals surface area contributed by atoms with Crippen molar-refractivity contribution >= 4 is 26.0 Å². The zero-order chi connectivity index (χ0) is 17.1. The van der Waals surface area contributed by atoms with Crippen molar-refractivity contribution in [3.8, 4) is 0 Å². The van der Waals surface area contributed by atoms with E-state index in [4.69, 9.17) is 4.74 Å². The minimum absolute atomic E-state index is 0.0564. The first kappa shape index (κ1) is 18.7. The highest BCUT2D eigenvalue weighted by Gasteiger charge is 2.32. The van der Waals surface area contributed by atoms with E-state index in [9.17, 15) is 21.6 Å². The monoisotopic (exact) mass is 416 g/mol. The maximum Gasteiger partial charge on any atom is 0.416 e. The molecule has 1 aliphatic heterocycles. The van der Waals surface area contributed by atoms with E-state index in [1.165, 1.54) is 0 Å². The number of alkyl halides is 3. The van der Waals surface area contributed by atoms with Gasteiger partial charge in [0.05, 0.1) is 23.7 Å². The van der Waals surface area contributed by atoms with Crippen molar-refractivity contribution in [2.45, 2.75) is 11.1 Å². The van der Waals surface area contributed by atoms with Crippen LogP contribution in [0.4, 0.5) is 13.2 Å². The Morgan fingerprint density at radius 2 is 1.87 bits per heavy atom. The number of benzene rings is 1. The Kier molecular flexibility index (Phi) is 6.06. The lowest BCUT2D eigenvalue weighted by molar-refractivity contribution is -0.137. The van der Waals surface area contributed by atoms with Crippen molar-refractivity contribution in [2.75, 3.05) is 39.4 Å². The van der Waals surface area contributed by atoms with Gasteiger partial charge < -0.3 is 4.74 Å². The molecule has 0 unspecified atom stereocenters. The molecule has 0 radical (unpaired) electrons. The maximum absolute atomic E-state index is 12.8. The molecule has 1 aliphatic rings. The van der Waals surface area contributed by atoms with E-state index in [0.717, 1.165) is 12.1 Å². The molecular formula is C13H16BrF3N2O3S. The molecule has 0 aliphatic carbocycles. The SMILES string of the molecule is O=S(=O)(NCCN1CCOCC1)c1cc(Br)cc(C(F)(F)F)c1. The van der Waals surface area contributed by atoms with Gasteiger partial charge in [0.1, 0.15) is 0 Å². The Balaban J connectivity index is 2.05. The van der Waals surface area contributed by atoms with Crippen LogP contribution in [0.15, 0.2) is 27.6 Å². The summed E-state index contributed by atoms with van der Waals surface area (Å²) in [7, 11) is -4.00. The number of hydrogen-bond donors (Lipinski definition) is 1. The Hall–Kier alpha value is -0.680. The Morgan fingerprint density at radius 1 is 1.22 bits per heavy atom. The zero-order valence-electron chi connectivity index (χ0n) is 12.1. The summed E-state index contributed by atoms with van der Waals surface area (Å²) in [6, 6.07) is 2.61. The zero-order valence-corrected chi connectivity index (χ0v) is 14.5. The van der Waals surface area contributed by atoms with Crippen LogP contribution in [0.25, 0.3) is 0 Å². The second kappa shape index (κ2) is 7.47. The molecule has 0 atom stereocenters. The highest BCUT2D eigenvalue weighted by Crippen LogP contribution is 2.33. The molecule has 0 spiro atoms. The molecule has 1 fully saturated rings. The number of sulfonamides is 1. The summed E-state index contributed by atoms with van der Waals surface area (Å²) < 4.78 is 70.2. The van der Waals surface area contributed by atoms with Gasteiger partial charge in [0.2, 0.25) is 10.0 Å². The molecule has 0 aromatic heterocycles. The number of morpholine rings is 1. The van der Waals surface area contributed by atoms with Crippen LogP contribution in [0, 0.1) is 0 Å². The lowest BCUT2D eigenvalue weighted by Crippen LogP contribution is -2.41. The lowest BCUT2D eigenvalue weighted by Gasteiger charge is -2.26. The predicted molar refractivity (Wildman–Crippen MR) is 81.6 cm³/mol. The summed E-state index contributed by atoms with van der Waals surface area (Å²) in [5.74, 6) is 0. The third kappa shape index (κ3) is 5.42. The molecule has 2 rings (SSSR count). The third-order valence-corrected chi connectivity index (χ3v) is 5.23. The number of nitrogens with zero attached hydrogens (tertiary/aromatic N) is 1. The lowest BCUT2D eigenvalue weighted by atomic mass is 10.2. The topological polar surface area (TPSA) is 58.6 Å². The van der Waals surface area contributed by atoms with E-state index in [1.54, 1.807) is 0 Å². The van der Waals surface area contributed by atoms with E-state index in [1.807, 2.05) is 4.90 Å². The molecule has 1 aromatic rings. The van der Waals surface area contributed by atoms with Crippen LogP contribution in [-0.4, -0.2) is 52.7 Å². The highest BCUT2D eigenvalue weighted by molar-refractivity contribution is 9.10. The van der Waals surface area contributed by atoms with Gasteiger partial charge in [0.25, 0.3) is 0 Å². The fourth-order valence-electron chi connectivity index (χ4n) is 2.13. The van der Waals surface area contributed by atoms with Gasteiger partial charge in [-0.05, 0) is 18.2 Å². The first-order chi connectivity index (χ1) is 10.7. The van der Waals surface area contributed by atoms with E-state index in [-0.39, 0.29) is 11.0 Å². The Bertz CT molecular complexity index is 646. The van der Waals surface area contributed by atoms with Gasteiger partial charge in [-0.3, -0.25) is 4.90 Å². The molecule has 130 valence electrons. The van der Waals surface area contributed by atoms with Crippen LogP contribution in [0.3, 0.4) is 0 Å². The van der Waals surface area contributed by atoms with Gasteiger partial charge in [-0.15, -0.1) is 0 Å². The minimum Gasteiger partial charge on any atom is -0.379 e. The second-order valence-electron chi connectivity index (χ2n) is 5.03. The predicted octanol–water partition coefficient (Wildman–Crippen LogP) is 2.08. The van der Waals surface area contributed by atoms with Gasteiger partial charge in [-0.1, -0.05) is 15.9 Å². The number of nitrogens with one attached hydrogen (secondary N) is 1. The van der Waals surface area contributed by atoms with Gasteiger partial charge in [0, 0.05) is 30.7 Å². The van der Waals surface area contributed by atoms with E-state index in [0.29, 0.717) is 38.9 Å². The van der Waals surface area contributed by atoms with Gasteiger partial charge in [-0.2, -0.15) is 13.2 Å². The van der Waals surface area contributed by atoms with Crippen molar-refractivity contribution in [1.29, 1.82) is 0 Å². The van der Waals surface area contributed by atoms with Crippen LogP contribution in [0.2, 0.25) is 0 Å². The van der Waals surface area contributed by atoms with Crippen molar-refractivity contribution in [3.05, 3.63) is 28.2 Å². The summed E-state index contributed by atoms with van der Waals surface area (Å²) >= 11 is 2.91. The van der Waals surface area contributed by atoms with Crippen LogP contribution in [-0.2, 0) is 20.9 Å². The largest absolute Gasteiger partial charge is 0.416 e. The third-order valence-electron chi connectivity index (χ3n) is 3.33. The summed E-state index contributed by atoms with van der Waals surface area (Å²) in [6.07, 6.45) is -4.61. The number of halogens is 4. The summed E-state index contributed by atoms with van der Waals surface area (Å²) in [6.45, 7) is 3.19. The smallest absolute Gasteiger partial charge is 0.379 e. The summed E-state index contributed by atoms with van der Waals surface area (Å²) in [5, 5.41) is 0. The molecule has 1 saturated heterocycles. The number of rotatable bonds is 5.